The third kappa shape index (κ3) is 2.96. The van der Waals surface area contributed by atoms with Crippen LogP contribution in [0.25, 0.3) is 11.4 Å². The summed E-state index contributed by atoms with van der Waals surface area (Å²) in [6.07, 6.45) is -0.0801. The van der Waals surface area contributed by atoms with Crippen molar-refractivity contribution >= 4 is 34.8 Å². The summed E-state index contributed by atoms with van der Waals surface area (Å²) in [5, 5.41) is 23.9. The van der Waals surface area contributed by atoms with Gasteiger partial charge in [-0.2, -0.15) is 9.78 Å². The summed E-state index contributed by atoms with van der Waals surface area (Å²) in [5.74, 6) is -1.03. The van der Waals surface area contributed by atoms with Crippen LogP contribution < -0.4 is 0 Å². The van der Waals surface area contributed by atoms with Crippen molar-refractivity contribution in [3.05, 3.63) is 52.5 Å². The largest absolute Gasteiger partial charge is 0.481 e. The number of thioether (sulfide) groups is 1. The van der Waals surface area contributed by atoms with Gasteiger partial charge in [-0.25, -0.2) is 4.39 Å². The van der Waals surface area contributed by atoms with Crippen LogP contribution in [-0.2, 0) is 4.79 Å². The minimum absolute atomic E-state index is 0.0801. The summed E-state index contributed by atoms with van der Waals surface area (Å²) in [7, 11) is 0. The number of hydrogen-bond donors (Lipinski definition) is 1. The molecule has 1 aliphatic heterocycles. The Labute approximate surface area is 150 Å². The Morgan fingerprint density at radius 1 is 1.24 bits per heavy atom. The van der Waals surface area contributed by atoms with Crippen LogP contribution in [0.5, 0.6) is 0 Å². The first-order chi connectivity index (χ1) is 12.1. The molecule has 1 aliphatic rings. The highest BCUT2D eigenvalue weighted by molar-refractivity contribution is 8.00. The molecule has 6 nitrogen and oxygen atoms in total. The average Bonchev–Trinajstić information content (AvgIpc) is 3.23. The lowest BCUT2D eigenvalue weighted by Crippen LogP contribution is -2.26. The second kappa shape index (κ2) is 6.41. The minimum Gasteiger partial charge on any atom is -0.481 e. The number of aromatic nitrogens is 3. The van der Waals surface area contributed by atoms with Crippen LogP contribution >= 0.6 is 23.1 Å². The van der Waals surface area contributed by atoms with Crippen molar-refractivity contribution in [3.8, 4) is 11.4 Å². The Morgan fingerprint density at radius 3 is 2.80 bits per heavy atom. The summed E-state index contributed by atoms with van der Waals surface area (Å²) in [5.41, 5.74) is 0.931. The molecular formula is C16H11FN4O2S2. The molecule has 0 amide bonds. The molecule has 1 atom stereocenters. The molecule has 3 aromatic rings. The lowest BCUT2D eigenvalue weighted by atomic mass is 10.1. The molecule has 0 saturated heterocycles. The van der Waals surface area contributed by atoms with Gasteiger partial charge in [0, 0.05) is 0 Å². The van der Waals surface area contributed by atoms with Crippen LogP contribution in [0.3, 0.4) is 0 Å². The van der Waals surface area contributed by atoms with Crippen LogP contribution in [-0.4, -0.2) is 36.9 Å². The van der Waals surface area contributed by atoms with Crippen LogP contribution in [0.2, 0.25) is 0 Å². The summed E-state index contributed by atoms with van der Waals surface area (Å²) in [6.45, 7) is 0. The second-order valence-electron chi connectivity index (χ2n) is 5.26. The van der Waals surface area contributed by atoms with E-state index in [-0.39, 0.29) is 11.7 Å². The number of rotatable bonds is 4. The zero-order valence-corrected chi connectivity index (χ0v) is 14.3. The Bertz CT molecular complexity index is 968. The Kier molecular flexibility index (Phi) is 4.10. The van der Waals surface area contributed by atoms with Crippen LogP contribution in [0.15, 0.2) is 52.0 Å². The van der Waals surface area contributed by atoms with E-state index in [1.54, 1.807) is 18.2 Å². The quantitative estimate of drug-likeness (QED) is 0.757. The summed E-state index contributed by atoms with van der Waals surface area (Å²) < 4.78 is 15.6. The molecule has 0 fully saturated rings. The SMILES string of the molecule is O=C(O)C[C@@H]1Sc2nnc(-c3ccccc3F)n2N=C1c1cccs1. The molecule has 4 rings (SSSR count). The molecule has 0 radical (unpaired) electrons. The highest BCUT2D eigenvalue weighted by atomic mass is 32.2. The zero-order chi connectivity index (χ0) is 17.4. The van der Waals surface area contributed by atoms with E-state index in [1.807, 2.05) is 17.5 Å². The standard InChI is InChI=1S/C16H11FN4O2S2/c17-10-5-2-1-4-9(10)15-18-19-16-21(15)20-14(11-6-3-7-24-11)12(25-16)8-13(22)23/h1-7,12H,8H2,(H,22,23)/t12-/m0/s1. The summed E-state index contributed by atoms with van der Waals surface area (Å²) in [4.78, 5) is 12.1. The van der Waals surface area contributed by atoms with E-state index >= 15 is 0 Å². The molecule has 1 N–H and O–H groups in total. The normalized spacial score (nSPS) is 16.4. The molecule has 0 spiro atoms. The van der Waals surface area contributed by atoms with E-state index in [1.165, 1.54) is 33.8 Å². The van der Waals surface area contributed by atoms with Gasteiger partial charge in [0.15, 0.2) is 5.82 Å². The number of carbonyl (C=O) groups is 1. The van der Waals surface area contributed by atoms with E-state index in [2.05, 4.69) is 15.3 Å². The summed E-state index contributed by atoms with van der Waals surface area (Å²) in [6, 6.07) is 10.0. The maximum absolute atomic E-state index is 14.1. The van der Waals surface area contributed by atoms with Gasteiger partial charge in [0.25, 0.3) is 0 Å². The number of aliphatic carboxylic acids is 1. The number of thiophene rings is 1. The molecule has 0 bridgehead atoms. The first kappa shape index (κ1) is 16.0. The molecule has 0 saturated carbocycles. The van der Waals surface area contributed by atoms with Crippen molar-refractivity contribution < 1.29 is 14.3 Å². The van der Waals surface area contributed by atoms with Gasteiger partial charge < -0.3 is 5.11 Å². The molecule has 1 aromatic carbocycles. The molecule has 25 heavy (non-hydrogen) atoms. The Balaban J connectivity index is 1.84. The van der Waals surface area contributed by atoms with E-state index in [9.17, 15) is 14.3 Å². The van der Waals surface area contributed by atoms with Gasteiger partial charge >= 0.3 is 5.97 Å². The van der Waals surface area contributed by atoms with Crippen molar-refractivity contribution in [1.29, 1.82) is 0 Å². The fraction of sp³-hybridized carbons (Fsp3) is 0.125. The van der Waals surface area contributed by atoms with Crippen molar-refractivity contribution in [2.75, 3.05) is 0 Å². The molecule has 0 aliphatic carbocycles. The van der Waals surface area contributed by atoms with Crippen molar-refractivity contribution in [1.82, 2.24) is 14.9 Å². The first-order valence-electron chi connectivity index (χ1n) is 7.35. The van der Waals surface area contributed by atoms with Gasteiger partial charge in [0.05, 0.1) is 27.8 Å². The number of halogens is 1. The van der Waals surface area contributed by atoms with E-state index in [4.69, 9.17) is 0 Å². The third-order valence-electron chi connectivity index (χ3n) is 3.62. The van der Waals surface area contributed by atoms with Gasteiger partial charge in [-0.1, -0.05) is 30.0 Å². The third-order valence-corrected chi connectivity index (χ3v) is 5.65. The second-order valence-corrected chi connectivity index (χ2v) is 7.38. The topological polar surface area (TPSA) is 80.4 Å². The molecule has 2 aromatic heterocycles. The van der Waals surface area contributed by atoms with Crippen molar-refractivity contribution in [3.63, 3.8) is 0 Å². The zero-order valence-electron chi connectivity index (χ0n) is 12.7. The fourth-order valence-electron chi connectivity index (χ4n) is 2.52. The van der Waals surface area contributed by atoms with Gasteiger partial charge in [-0.15, -0.1) is 21.5 Å². The molecule has 9 heteroatoms. The Hall–Kier alpha value is -2.52. The van der Waals surface area contributed by atoms with Gasteiger partial charge in [0.1, 0.15) is 5.82 Å². The number of fused-ring (bicyclic) bond motifs is 1. The van der Waals surface area contributed by atoms with Gasteiger partial charge in [-0.3, -0.25) is 4.79 Å². The monoisotopic (exact) mass is 374 g/mol. The van der Waals surface area contributed by atoms with Crippen LogP contribution in [0.1, 0.15) is 11.3 Å². The molecular weight excluding hydrogens is 363 g/mol. The van der Waals surface area contributed by atoms with E-state index in [0.29, 0.717) is 22.3 Å². The lowest BCUT2D eigenvalue weighted by molar-refractivity contribution is -0.136. The maximum atomic E-state index is 14.1. The lowest BCUT2D eigenvalue weighted by Gasteiger charge is -2.21. The molecule has 126 valence electrons. The summed E-state index contributed by atoms with van der Waals surface area (Å²) >= 11 is 2.75. The van der Waals surface area contributed by atoms with E-state index < -0.39 is 11.8 Å². The van der Waals surface area contributed by atoms with Gasteiger partial charge in [-0.05, 0) is 23.6 Å². The number of carboxylic acid groups (broad SMARTS) is 1. The number of nitrogens with zero attached hydrogens (tertiary/aromatic N) is 4. The predicted molar refractivity (Wildman–Crippen MR) is 93.6 cm³/mol. The van der Waals surface area contributed by atoms with Crippen LogP contribution in [0, 0.1) is 5.82 Å². The van der Waals surface area contributed by atoms with Crippen molar-refractivity contribution in [2.24, 2.45) is 5.10 Å². The maximum Gasteiger partial charge on any atom is 0.304 e. The number of benzene rings is 1. The van der Waals surface area contributed by atoms with E-state index in [0.717, 1.165) is 4.88 Å². The minimum atomic E-state index is -0.913. The fourth-order valence-corrected chi connectivity index (χ4v) is 4.44. The van der Waals surface area contributed by atoms with Crippen LogP contribution in [0.4, 0.5) is 4.39 Å². The number of hydrogen-bond acceptors (Lipinski definition) is 6. The highest BCUT2D eigenvalue weighted by Crippen LogP contribution is 2.35. The van der Waals surface area contributed by atoms with Gasteiger partial charge in [0.2, 0.25) is 5.16 Å². The Morgan fingerprint density at radius 2 is 2.08 bits per heavy atom. The number of carboxylic acids is 1. The first-order valence-corrected chi connectivity index (χ1v) is 9.11. The average molecular weight is 374 g/mol. The molecule has 0 unspecified atom stereocenters. The highest BCUT2D eigenvalue weighted by Gasteiger charge is 2.31. The van der Waals surface area contributed by atoms with Crippen molar-refractivity contribution in [2.45, 2.75) is 16.8 Å². The molecule has 3 heterocycles. The predicted octanol–water partition coefficient (Wildman–Crippen LogP) is 3.35. The smallest absolute Gasteiger partial charge is 0.304 e.